The smallest absolute Gasteiger partial charge is 0.225 e. The number of benzene rings is 1. The van der Waals surface area contributed by atoms with Crippen LogP contribution in [0.4, 0.5) is 0 Å². The van der Waals surface area contributed by atoms with Crippen LogP contribution in [0.2, 0.25) is 0 Å². The van der Waals surface area contributed by atoms with Crippen LogP contribution in [0.25, 0.3) is 0 Å². The highest BCUT2D eigenvalue weighted by Crippen LogP contribution is 2.35. The van der Waals surface area contributed by atoms with Crippen molar-refractivity contribution in [2.45, 2.75) is 44.7 Å². The highest BCUT2D eigenvalue weighted by atomic mass is 16.7. The van der Waals surface area contributed by atoms with Crippen LogP contribution in [0, 0.1) is 0 Å². The van der Waals surface area contributed by atoms with Gasteiger partial charge in [-0.3, -0.25) is 4.79 Å². The molecule has 0 bridgehead atoms. The van der Waals surface area contributed by atoms with Crippen molar-refractivity contribution in [3.63, 3.8) is 0 Å². The minimum absolute atomic E-state index is 0.0519. The fourth-order valence-corrected chi connectivity index (χ4v) is 3.09. The van der Waals surface area contributed by atoms with E-state index in [0.29, 0.717) is 25.3 Å². The molecule has 3 rings (SSSR count). The Morgan fingerprint density at radius 3 is 2.65 bits per heavy atom. The van der Waals surface area contributed by atoms with Crippen LogP contribution < -0.4 is 9.47 Å². The zero-order chi connectivity index (χ0) is 16.6. The van der Waals surface area contributed by atoms with E-state index < -0.39 is 5.79 Å². The normalized spacial score (nSPS) is 26.1. The predicted octanol–water partition coefficient (Wildman–Crippen LogP) is 1.96. The van der Waals surface area contributed by atoms with E-state index in [1.54, 1.807) is 14.2 Å². The van der Waals surface area contributed by atoms with Crippen molar-refractivity contribution in [1.82, 2.24) is 4.90 Å². The number of nitrogens with zero attached hydrogens (tertiary/aromatic N) is 1. The molecular formula is C17H23NO5. The molecule has 2 unspecified atom stereocenters. The van der Waals surface area contributed by atoms with E-state index in [1.165, 1.54) is 0 Å². The molecule has 6 heteroatoms. The van der Waals surface area contributed by atoms with Crippen molar-refractivity contribution in [2.75, 3.05) is 20.8 Å². The van der Waals surface area contributed by atoms with Gasteiger partial charge in [-0.15, -0.1) is 0 Å². The van der Waals surface area contributed by atoms with Crippen molar-refractivity contribution in [2.24, 2.45) is 0 Å². The summed E-state index contributed by atoms with van der Waals surface area (Å²) in [5, 5.41) is 0. The van der Waals surface area contributed by atoms with E-state index in [-0.39, 0.29) is 18.1 Å². The highest BCUT2D eigenvalue weighted by molar-refractivity contribution is 5.83. The lowest BCUT2D eigenvalue weighted by atomic mass is 9.95. The number of likely N-dealkylation sites (tertiary alicyclic amines) is 1. The maximum absolute atomic E-state index is 12.1. The SMILES string of the molecule is COc1ccc(CN2C(=O)CC2C2COC(C)(C)O2)c(OC)c1. The molecule has 0 radical (unpaired) electrons. The quantitative estimate of drug-likeness (QED) is 0.776. The number of hydrogen-bond acceptors (Lipinski definition) is 5. The summed E-state index contributed by atoms with van der Waals surface area (Å²) in [6, 6.07) is 5.68. The average molecular weight is 321 g/mol. The number of methoxy groups -OCH3 is 2. The van der Waals surface area contributed by atoms with Gasteiger partial charge in [-0.1, -0.05) is 0 Å². The van der Waals surface area contributed by atoms with Crippen LogP contribution in [0.1, 0.15) is 25.8 Å². The van der Waals surface area contributed by atoms with E-state index in [1.807, 2.05) is 36.9 Å². The summed E-state index contributed by atoms with van der Waals surface area (Å²) in [6.45, 7) is 4.80. The summed E-state index contributed by atoms with van der Waals surface area (Å²) in [6.07, 6.45) is 0.426. The Kier molecular flexibility index (Phi) is 4.21. The maximum atomic E-state index is 12.1. The van der Waals surface area contributed by atoms with Gasteiger partial charge in [0, 0.05) is 24.6 Å². The summed E-state index contributed by atoms with van der Waals surface area (Å²) >= 11 is 0. The van der Waals surface area contributed by atoms with Crippen LogP contribution in [-0.4, -0.2) is 49.6 Å². The number of carbonyl (C=O) groups excluding carboxylic acids is 1. The summed E-state index contributed by atoms with van der Waals surface area (Å²) in [5.41, 5.74) is 0.949. The fourth-order valence-electron chi connectivity index (χ4n) is 3.09. The second-order valence-electron chi connectivity index (χ2n) is 6.34. The molecule has 1 amide bonds. The molecule has 1 aromatic carbocycles. The minimum Gasteiger partial charge on any atom is -0.497 e. The molecule has 0 spiro atoms. The Morgan fingerprint density at radius 2 is 2.09 bits per heavy atom. The van der Waals surface area contributed by atoms with Crippen molar-refractivity contribution < 1.29 is 23.7 Å². The molecular weight excluding hydrogens is 298 g/mol. The van der Waals surface area contributed by atoms with E-state index >= 15 is 0 Å². The number of ether oxygens (including phenoxy) is 4. The molecule has 23 heavy (non-hydrogen) atoms. The van der Waals surface area contributed by atoms with Gasteiger partial charge in [-0.05, 0) is 26.0 Å². The van der Waals surface area contributed by atoms with Gasteiger partial charge >= 0.3 is 0 Å². The van der Waals surface area contributed by atoms with Crippen LogP contribution in [0.3, 0.4) is 0 Å². The number of carbonyl (C=O) groups is 1. The van der Waals surface area contributed by atoms with Crippen molar-refractivity contribution >= 4 is 5.91 Å². The monoisotopic (exact) mass is 321 g/mol. The zero-order valence-electron chi connectivity index (χ0n) is 14.0. The molecule has 0 saturated carbocycles. The van der Waals surface area contributed by atoms with E-state index in [2.05, 4.69) is 0 Å². The first kappa shape index (κ1) is 16.1. The third-order valence-electron chi connectivity index (χ3n) is 4.40. The summed E-state index contributed by atoms with van der Waals surface area (Å²) < 4.78 is 22.1. The molecule has 1 aromatic rings. The standard InChI is InChI=1S/C17H23NO5/c1-17(2)22-10-15(23-17)13-8-16(19)18(13)9-11-5-6-12(20-3)7-14(11)21-4/h5-7,13,15H,8-10H2,1-4H3. The van der Waals surface area contributed by atoms with Gasteiger partial charge in [0.05, 0.1) is 26.9 Å². The highest BCUT2D eigenvalue weighted by Gasteiger charge is 2.47. The maximum Gasteiger partial charge on any atom is 0.225 e. The fraction of sp³-hybridized carbons (Fsp3) is 0.588. The van der Waals surface area contributed by atoms with Crippen molar-refractivity contribution in [1.29, 1.82) is 0 Å². The van der Waals surface area contributed by atoms with Gasteiger partial charge in [0.1, 0.15) is 17.6 Å². The molecule has 0 N–H and O–H groups in total. The number of rotatable bonds is 5. The number of hydrogen-bond donors (Lipinski definition) is 0. The Bertz CT molecular complexity index is 601. The lowest BCUT2D eigenvalue weighted by Gasteiger charge is -2.43. The zero-order valence-corrected chi connectivity index (χ0v) is 14.0. The molecule has 2 atom stereocenters. The third kappa shape index (κ3) is 3.14. The molecule has 0 aliphatic carbocycles. The van der Waals surface area contributed by atoms with Crippen molar-refractivity contribution in [3.05, 3.63) is 23.8 Å². The minimum atomic E-state index is -0.577. The van der Waals surface area contributed by atoms with Gasteiger partial charge in [-0.25, -0.2) is 0 Å². The van der Waals surface area contributed by atoms with Gasteiger partial charge in [0.15, 0.2) is 5.79 Å². The summed E-state index contributed by atoms with van der Waals surface area (Å²) in [5.74, 6) is 0.992. The first-order valence-corrected chi connectivity index (χ1v) is 7.75. The molecule has 126 valence electrons. The Balaban J connectivity index is 1.73. The largest absolute Gasteiger partial charge is 0.497 e. The van der Waals surface area contributed by atoms with Gasteiger partial charge in [0.2, 0.25) is 5.91 Å². The van der Waals surface area contributed by atoms with Gasteiger partial charge in [0.25, 0.3) is 0 Å². The molecule has 2 fully saturated rings. The predicted molar refractivity (Wildman–Crippen MR) is 83.4 cm³/mol. The average Bonchev–Trinajstić information content (AvgIpc) is 2.89. The lowest BCUT2D eigenvalue weighted by molar-refractivity contribution is -0.169. The molecule has 2 heterocycles. The number of β-lactam (4-membered cyclic amide) rings is 1. The molecule has 6 nitrogen and oxygen atoms in total. The van der Waals surface area contributed by atoms with Crippen LogP contribution in [0.15, 0.2) is 18.2 Å². The van der Waals surface area contributed by atoms with E-state index in [9.17, 15) is 4.79 Å². The van der Waals surface area contributed by atoms with Crippen molar-refractivity contribution in [3.8, 4) is 11.5 Å². The van der Waals surface area contributed by atoms with Gasteiger partial charge < -0.3 is 23.8 Å². The summed E-state index contributed by atoms with van der Waals surface area (Å²) in [4.78, 5) is 13.9. The third-order valence-corrected chi connectivity index (χ3v) is 4.40. The molecule has 2 saturated heterocycles. The Labute approximate surface area is 136 Å². The second kappa shape index (κ2) is 6.02. The molecule has 0 aromatic heterocycles. The first-order chi connectivity index (χ1) is 10.9. The van der Waals surface area contributed by atoms with Crippen LogP contribution >= 0.6 is 0 Å². The van der Waals surface area contributed by atoms with Crippen LogP contribution in [-0.2, 0) is 20.8 Å². The molecule has 2 aliphatic rings. The summed E-state index contributed by atoms with van der Waals surface area (Å²) in [7, 11) is 3.23. The van der Waals surface area contributed by atoms with E-state index in [4.69, 9.17) is 18.9 Å². The number of amides is 1. The Morgan fingerprint density at radius 1 is 1.30 bits per heavy atom. The second-order valence-corrected chi connectivity index (χ2v) is 6.34. The first-order valence-electron chi connectivity index (χ1n) is 7.75. The van der Waals surface area contributed by atoms with Gasteiger partial charge in [-0.2, -0.15) is 0 Å². The topological polar surface area (TPSA) is 57.2 Å². The Hall–Kier alpha value is -1.79. The lowest BCUT2D eigenvalue weighted by Crippen LogP contribution is -2.58. The van der Waals surface area contributed by atoms with E-state index in [0.717, 1.165) is 11.3 Å². The molecule has 2 aliphatic heterocycles. The van der Waals surface area contributed by atoms with Crippen LogP contribution in [0.5, 0.6) is 11.5 Å².